The van der Waals surface area contributed by atoms with E-state index in [9.17, 15) is 14.7 Å². The normalized spacial score (nSPS) is 17.8. The molecule has 1 saturated heterocycles. The first-order chi connectivity index (χ1) is 9.42. The number of carbonyl (C=O) groups is 2. The number of aliphatic carboxylic acids is 1. The molecule has 0 aliphatic carbocycles. The van der Waals surface area contributed by atoms with Crippen molar-refractivity contribution in [1.29, 1.82) is 0 Å². The van der Waals surface area contributed by atoms with Crippen LogP contribution in [0.1, 0.15) is 25.3 Å². The third kappa shape index (κ3) is 2.95. The number of furan rings is 1. The van der Waals surface area contributed by atoms with Crippen molar-refractivity contribution in [3.8, 4) is 0 Å². The van der Waals surface area contributed by atoms with Crippen LogP contribution in [0.15, 0.2) is 23.0 Å². The molecule has 1 aromatic heterocycles. The summed E-state index contributed by atoms with van der Waals surface area (Å²) >= 11 is 0. The zero-order valence-corrected chi connectivity index (χ0v) is 11.8. The monoisotopic (exact) mass is 280 g/mol. The van der Waals surface area contributed by atoms with Gasteiger partial charge >= 0.3 is 12.0 Å². The molecule has 2 amide bonds. The number of likely N-dealkylation sites (tertiary alicyclic amines) is 1. The summed E-state index contributed by atoms with van der Waals surface area (Å²) in [6, 6.07) is 1.75. The molecule has 0 saturated carbocycles. The molecule has 1 N–H and O–H groups in total. The number of amides is 2. The number of nitrogens with zero attached hydrogens (tertiary/aromatic N) is 2. The number of carbonyl (C=O) groups excluding carboxylic acids is 1. The van der Waals surface area contributed by atoms with E-state index < -0.39 is 11.4 Å². The summed E-state index contributed by atoms with van der Waals surface area (Å²) in [5.41, 5.74) is 0.230. The molecule has 1 aliphatic rings. The number of rotatable bonds is 3. The first-order valence-electron chi connectivity index (χ1n) is 6.67. The molecule has 0 atom stereocenters. The SMILES string of the molecule is CN(Cc1ccoc1)C(=O)N1CCC(C)(C(=O)O)CC1. The van der Waals surface area contributed by atoms with Gasteiger partial charge in [0.15, 0.2) is 0 Å². The van der Waals surface area contributed by atoms with Gasteiger partial charge in [-0.15, -0.1) is 0 Å². The molecule has 0 bridgehead atoms. The minimum absolute atomic E-state index is 0.0707. The Hall–Kier alpha value is -1.98. The lowest BCUT2D eigenvalue weighted by Gasteiger charge is -2.38. The Bertz CT molecular complexity index is 475. The zero-order valence-electron chi connectivity index (χ0n) is 11.8. The van der Waals surface area contributed by atoms with E-state index in [1.165, 1.54) is 0 Å². The van der Waals surface area contributed by atoms with E-state index in [-0.39, 0.29) is 6.03 Å². The van der Waals surface area contributed by atoms with Gasteiger partial charge in [0, 0.05) is 25.7 Å². The van der Waals surface area contributed by atoms with Gasteiger partial charge in [0.2, 0.25) is 0 Å². The van der Waals surface area contributed by atoms with Crippen LogP contribution in [0.4, 0.5) is 4.79 Å². The van der Waals surface area contributed by atoms with Crippen molar-refractivity contribution < 1.29 is 19.1 Å². The van der Waals surface area contributed by atoms with Crippen LogP contribution in [-0.4, -0.2) is 47.0 Å². The minimum Gasteiger partial charge on any atom is -0.481 e. The van der Waals surface area contributed by atoms with Gasteiger partial charge in [-0.1, -0.05) is 0 Å². The Balaban J connectivity index is 1.90. The molecule has 0 radical (unpaired) electrons. The maximum absolute atomic E-state index is 12.3. The first kappa shape index (κ1) is 14.4. The van der Waals surface area contributed by atoms with Crippen molar-refractivity contribution in [2.75, 3.05) is 20.1 Å². The molecular formula is C14H20N2O4. The Kier molecular flexibility index (Phi) is 4.01. The second-order valence-corrected chi connectivity index (χ2v) is 5.62. The molecular weight excluding hydrogens is 260 g/mol. The minimum atomic E-state index is -0.781. The molecule has 0 aromatic carbocycles. The van der Waals surface area contributed by atoms with Gasteiger partial charge in [-0.05, 0) is 25.8 Å². The smallest absolute Gasteiger partial charge is 0.320 e. The fraction of sp³-hybridized carbons (Fsp3) is 0.571. The van der Waals surface area contributed by atoms with E-state index in [0.717, 1.165) is 5.56 Å². The number of piperidine rings is 1. The zero-order chi connectivity index (χ0) is 14.8. The van der Waals surface area contributed by atoms with E-state index in [1.807, 2.05) is 6.07 Å². The van der Waals surface area contributed by atoms with Crippen LogP contribution in [0.2, 0.25) is 0 Å². The van der Waals surface area contributed by atoms with E-state index in [4.69, 9.17) is 4.42 Å². The molecule has 6 nitrogen and oxygen atoms in total. The number of hydrogen-bond acceptors (Lipinski definition) is 3. The Labute approximate surface area is 118 Å². The molecule has 1 fully saturated rings. The van der Waals surface area contributed by atoms with E-state index in [2.05, 4.69) is 0 Å². The number of carboxylic acids is 1. The third-order valence-electron chi connectivity index (χ3n) is 3.98. The molecule has 0 spiro atoms. The maximum Gasteiger partial charge on any atom is 0.320 e. The topological polar surface area (TPSA) is 74.0 Å². The lowest BCUT2D eigenvalue weighted by molar-refractivity contribution is -0.150. The highest BCUT2D eigenvalue weighted by molar-refractivity contribution is 5.77. The second kappa shape index (κ2) is 5.56. The molecule has 6 heteroatoms. The molecule has 20 heavy (non-hydrogen) atoms. The Morgan fingerprint density at radius 2 is 2.10 bits per heavy atom. The number of carboxylic acid groups (broad SMARTS) is 1. The van der Waals surface area contributed by atoms with Crippen LogP contribution >= 0.6 is 0 Å². The predicted molar refractivity (Wildman–Crippen MR) is 72.1 cm³/mol. The maximum atomic E-state index is 12.3. The summed E-state index contributed by atoms with van der Waals surface area (Å²) in [4.78, 5) is 26.8. The fourth-order valence-corrected chi connectivity index (χ4v) is 2.37. The lowest BCUT2D eigenvalue weighted by atomic mass is 9.80. The summed E-state index contributed by atoms with van der Waals surface area (Å²) in [7, 11) is 1.74. The van der Waals surface area contributed by atoms with Crippen molar-refractivity contribution >= 4 is 12.0 Å². The lowest BCUT2D eigenvalue weighted by Crippen LogP contribution is -2.48. The highest BCUT2D eigenvalue weighted by atomic mass is 16.4. The molecule has 2 heterocycles. The van der Waals surface area contributed by atoms with Gasteiger partial charge in [0.25, 0.3) is 0 Å². The van der Waals surface area contributed by atoms with E-state index in [1.54, 1.807) is 36.3 Å². The van der Waals surface area contributed by atoms with Crippen LogP contribution in [0.3, 0.4) is 0 Å². The molecule has 1 aromatic rings. The number of urea groups is 1. The molecule has 1 aliphatic heterocycles. The average Bonchev–Trinajstić information content (AvgIpc) is 2.91. The molecule has 0 unspecified atom stereocenters. The van der Waals surface area contributed by atoms with Crippen LogP contribution in [0.25, 0.3) is 0 Å². The summed E-state index contributed by atoms with van der Waals surface area (Å²) in [5, 5.41) is 9.18. The van der Waals surface area contributed by atoms with E-state index in [0.29, 0.717) is 32.5 Å². The van der Waals surface area contributed by atoms with Crippen LogP contribution in [0, 0.1) is 5.41 Å². The second-order valence-electron chi connectivity index (χ2n) is 5.62. The fourth-order valence-electron chi connectivity index (χ4n) is 2.37. The Morgan fingerprint density at radius 1 is 1.45 bits per heavy atom. The first-order valence-corrected chi connectivity index (χ1v) is 6.67. The summed E-state index contributed by atoms with van der Waals surface area (Å²) in [5.74, 6) is -0.781. The third-order valence-corrected chi connectivity index (χ3v) is 3.98. The molecule has 2 rings (SSSR count). The summed E-state index contributed by atoms with van der Waals surface area (Å²) < 4.78 is 4.98. The van der Waals surface area contributed by atoms with E-state index >= 15 is 0 Å². The van der Waals surface area contributed by atoms with Gasteiger partial charge in [0.1, 0.15) is 0 Å². The quantitative estimate of drug-likeness (QED) is 0.919. The van der Waals surface area contributed by atoms with Crippen LogP contribution in [0.5, 0.6) is 0 Å². The van der Waals surface area contributed by atoms with Crippen molar-refractivity contribution in [3.05, 3.63) is 24.2 Å². The van der Waals surface area contributed by atoms with Gasteiger partial charge in [-0.25, -0.2) is 4.79 Å². The van der Waals surface area contributed by atoms with Crippen molar-refractivity contribution in [1.82, 2.24) is 9.80 Å². The predicted octanol–water partition coefficient (Wildman–Crippen LogP) is 2.02. The number of hydrogen-bond donors (Lipinski definition) is 1. The largest absolute Gasteiger partial charge is 0.481 e. The van der Waals surface area contributed by atoms with Crippen molar-refractivity contribution in [2.24, 2.45) is 5.41 Å². The average molecular weight is 280 g/mol. The van der Waals surface area contributed by atoms with Crippen LogP contribution < -0.4 is 0 Å². The van der Waals surface area contributed by atoms with Crippen molar-refractivity contribution in [2.45, 2.75) is 26.3 Å². The van der Waals surface area contributed by atoms with Gasteiger partial charge in [-0.3, -0.25) is 4.79 Å². The van der Waals surface area contributed by atoms with Crippen molar-refractivity contribution in [3.63, 3.8) is 0 Å². The Morgan fingerprint density at radius 3 is 2.60 bits per heavy atom. The van der Waals surface area contributed by atoms with Gasteiger partial charge in [0.05, 0.1) is 24.5 Å². The van der Waals surface area contributed by atoms with Gasteiger partial charge < -0.3 is 19.3 Å². The highest BCUT2D eigenvalue weighted by Crippen LogP contribution is 2.31. The standard InChI is InChI=1S/C14H20N2O4/c1-14(12(17)18)4-6-16(7-5-14)13(19)15(2)9-11-3-8-20-10-11/h3,8,10H,4-7,9H2,1-2H3,(H,17,18). The molecule has 110 valence electrons. The summed E-state index contributed by atoms with van der Waals surface area (Å²) in [6.07, 6.45) is 4.18. The van der Waals surface area contributed by atoms with Gasteiger partial charge in [-0.2, -0.15) is 0 Å². The van der Waals surface area contributed by atoms with Crippen LogP contribution in [-0.2, 0) is 11.3 Å². The highest BCUT2D eigenvalue weighted by Gasteiger charge is 2.38. The summed E-state index contributed by atoms with van der Waals surface area (Å²) in [6.45, 7) is 3.20.